The molecule has 1 aromatic heterocycles. The van der Waals surface area contributed by atoms with Crippen molar-refractivity contribution >= 4 is 35.3 Å². The van der Waals surface area contributed by atoms with E-state index in [0.29, 0.717) is 40.5 Å². The first kappa shape index (κ1) is 22.2. The Kier molecular flexibility index (Phi) is 6.08. The van der Waals surface area contributed by atoms with Crippen molar-refractivity contribution in [2.75, 3.05) is 10.6 Å². The van der Waals surface area contributed by atoms with E-state index in [1.807, 2.05) is 48.5 Å². The van der Waals surface area contributed by atoms with Gasteiger partial charge in [-0.2, -0.15) is 0 Å². The lowest BCUT2D eigenvalue weighted by Crippen LogP contribution is -2.33. The number of nitrogens with two attached hydrogens (primary N) is 2. The molecule has 2 atom stereocenters. The van der Waals surface area contributed by atoms with Crippen molar-refractivity contribution in [2.45, 2.75) is 41.7 Å². The lowest BCUT2D eigenvalue weighted by Gasteiger charge is -2.15. The molecule has 10 heteroatoms. The Morgan fingerprint density at radius 3 is 2.59 bits per heavy atom. The second kappa shape index (κ2) is 9.32. The van der Waals surface area contributed by atoms with Crippen molar-refractivity contribution in [3.8, 4) is 11.3 Å². The number of rotatable bonds is 7. The second-order valence-corrected chi connectivity index (χ2v) is 9.50. The van der Waals surface area contributed by atoms with Gasteiger partial charge in [-0.05, 0) is 30.5 Å². The molecule has 2 aromatic carbocycles. The third-order valence-corrected chi connectivity index (χ3v) is 7.00. The molecule has 0 bridgehead atoms. The topological polar surface area (TPSA) is 148 Å². The number of nitrogens with one attached hydrogen (secondary N) is 3. The Balaban J connectivity index is 1.40. The molecule has 3 amide bonds. The van der Waals surface area contributed by atoms with Gasteiger partial charge in [0.15, 0.2) is 0 Å². The number of hydrogen-bond acceptors (Lipinski definition) is 7. The van der Waals surface area contributed by atoms with Crippen molar-refractivity contribution in [1.82, 2.24) is 15.3 Å². The van der Waals surface area contributed by atoms with E-state index in [-0.39, 0.29) is 6.03 Å². The Morgan fingerprint density at radius 1 is 1.06 bits per heavy atom. The fourth-order valence-corrected chi connectivity index (χ4v) is 4.95. The first-order valence-corrected chi connectivity index (χ1v) is 11.9. The van der Waals surface area contributed by atoms with E-state index in [4.69, 9.17) is 16.5 Å². The van der Waals surface area contributed by atoms with Gasteiger partial charge in [0.2, 0.25) is 11.9 Å². The zero-order chi connectivity index (χ0) is 23.7. The lowest BCUT2D eigenvalue weighted by molar-refractivity contribution is -0.117. The Bertz CT molecular complexity index is 1230. The molecule has 7 N–H and O–H groups in total. The molecule has 3 aromatic rings. The number of amides is 3. The smallest absolute Gasteiger partial charge is 0.319 e. The molecule has 2 aliphatic rings. The summed E-state index contributed by atoms with van der Waals surface area (Å²) >= 11 is 1.27. The number of hydrogen-bond donors (Lipinski definition) is 5. The standard InChI is InChI=1S/C24H25N7O2S/c25-18-17-19(30-23(28-15-9-10-15)31-22(17)34-20(18)21(26)32)14-7-4-8-16(11-14)29-24(33)27-12-13-5-2-1-3-6-13/h1-8,11,15,18,20H,9-10,12,25H2,(H2,26,32)(H2,27,29,33)(H,28,30,31). The van der Waals surface area contributed by atoms with Crippen molar-refractivity contribution in [1.29, 1.82) is 0 Å². The van der Waals surface area contributed by atoms with E-state index in [9.17, 15) is 9.59 Å². The van der Waals surface area contributed by atoms with Crippen LogP contribution in [0.25, 0.3) is 11.3 Å². The number of aromatic nitrogens is 2. The fraction of sp³-hybridized carbons (Fsp3) is 0.250. The maximum Gasteiger partial charge on any atom is 0.319 e. The van der Waals surface area contributed by atoms with Gasteiger partial charge in [-0.1, -0.05) is 54.2 Å². The van der Waals surface area contributed by atoms with Gasteiger partial charge in [-0.15, -0.1) is 0 Å². The Hall–Kier alpha value is -3.63. The maximum atomic E-state index is 12.4. The summed E-state index contributed by atoms with van der Waals surface area (Å²) in [6.45, 7) is 0.419. The van der Waals surface area contributed by atoms with Gasteiger partial charge in [0.05, 0.1) is 11.7 Å². The third kappa shape index (κ3) is 4.82. The molecule has 0 spiro atoms. The molecule has 9 nitrogen and oxygen atoms in total. The quantitative estimate of drug-likeness (QED) is 0.330. The highest BCUT2D eigenvalue weighted by Crippen LogP contribution is 2.46. The molecule has 1 fully saturated rings. The van der Waals surface area contributed by atoms with Crippen molar-refractivity contribution in [2.24, 2.45) is 11.5 Å². The summed E-state index contributed by atoms with van der Waals surface area (Å²) in [4.78, 5) is 33.7. The lowest BCUT2D eigenvalue weighted by atomic mass is 9.99. The van der Waals surface area contributed by atoms with Crippen LogP contribution in [0.2, 0.25) is 0 Å². The van der Waals surface area contributed by atoms with Crippen molar-refractivity contribution in [3.63, 3.8) is 0 Å². The van der Waals surface area contributed by atoms with Crippen molar-refractivity contribution in [3.05, 3.63) is 65.7 Å². The van der Waals surface area contributed by atoms with Crippen LogP contribution in [0.1, 0.15) is 30.0 Å². The third-order valence-electron chi connectivity index (χ3n) is 5.69. The molecular weight excluding hydrogens is 450 g/mol. The number of urea groups is 1. The molecule has 1 aliphatic heterocycles. The fourth-order valence-electron chi connectivity index (χ4n) is 3.81. The summed E-state index contributed by atoms with van der Waals surface area (Å²) in [5, 5.41) is 9.09. The van der Waals surface area contributed by atoms with Gasteiger partial charge in [0, 0.05) is 29.4 Å². The highest BCUT2D eigenvalue weighted by molar-refractivity contribution is 8.01. The minimum absolute atomic E-state index is 0.314. The molecule has 34 heavy (non-hydrogen) atoms. The number of thioether (sulfide) groups is 1. The normalized spacial score (nSPS) is 18.7. The van der Waals surface area contributed by atoms with Crippen LogP contribution in [0.4, 0.5) is 16.4 Å². The second-order valence-electron chi connectivity index (χ2n) is 8.37. The number of fused-ring (bicyclic) bond motifs is 1. The van der Waals surface area contributed by atoms with E-state index >= 15 is 0 Å². The van der Waals surface area contributed by atoms with Crippen LogP contribution in [0.15, 0.2) is 59.6 Å². The van der Waals surface area contributed by atoms with Gasteiger partial charge < -0.3 is 27.4 Å². The number of nitrogens with zero attached hydrogens (tertiary/aromatic N) is 2. The van der Waals surface area contributed by atoms with Crippen LogP contribution in [-0.4, -0.2) is 33.2 Å². The largest absolute Gasteiger partial charge is 0.369 e. The minimum Gasteiger partial charge on any atom is -0.369 e. The molecule has 1 aliphatic carbocycles. The number of carbonyl (C=O) groups is 2. The van der Waals surface area contributed by atoms with E-state index in [1.165, 1.54) is 11.8 Å². The molecular formula is C24H25N7O2S. The first-order chi connectivity index (χ1) is 16.5. The summed E-state index contributed by atoms with van der Waals surface area (Å²) in [5.74, 6) is 0.0173. The average molecular weight is 476 g/mol. The Morgan fingerprint density at radius 2 is 1.85 bits per heavy atom. The molecule has 0 radical (unpaired) electrons. The molecule has 0 saturated heterocycles. The van der Waals surface area contributed by atoms with Gasteiger partial charge in [0.25, 0.3) is 0 Å². The summed E-state index contributed by atoms with van der Waals surface area (Å²) in [7, 11) is 0. The number of anilines is 2. The van der Waals surface area contributed by atoms with Gasteiger partial charge in [-0.25, -0.2) is 14.8 Å². The summed E-state index contributed by atoms with van der Waals surface area (Å²) in [6.07, 6.45) is 2.15. The predicted octanol–water partition coefficient (Wildman–Crippen LogP) is 3.00. The zero-order valence-corrected chi connectivity index (χ0v) is 19.1. The van der Waals surface area contributed by atoms with Gasteiger partial charge in [-0.3, -0.25) is 4.79 Å². The summed E-state index contributed by atoms with van der Waals surface area (Å²) in [6, 6.07) is 16.5. The van der Waals surface area contributed by atoms with Crippen LogP contribution in [0.5, 0.6) is 0 Å². The van der Waals surface area contributed by atoms with E-state index < -0.39 is 17.2 Å². The Labute approximate surface area is 201 Å². The molecule has 2 unspecified atom stereocenters. The van der Waals surface area contributed by atoms with E-state index in [0.717, 1.165) is 24.0 Å². The number of benzene rings is 2. The highest BCUT2D eigenvalue weighted by atomic mass is 32.2. The first-order valence-electron chi connectivity index (χ1n) is 11.1. The molecule has 1 saturated carbocycles. The van der Waals surface area contributed by atoms with Crippen LogP contribution in [0, 0.1) is 0 Å². The van der Waals surface area contributed by atoms with Crippen molar-refractivity contribution < 1.29 is 9.59 Å². The van der Waals surface area contributed by atoms with Gasteiger partial charge >= 0.3 is 6.03 Å². The molecule has 174 valence electrons. The SMILES string of the molecule is NC(=O)C1Sc2nc(NC3CC3)nc(-c3cccc(NC(=O)NCc4ccccc4)c3)c2C1N. The van der Waals surface area contributed by atoms with Gasteiger partial charge in [0.1, 0.15) is 10.3 Å². The number of primary amides is 1. The molecule has 5 rings (SSSR count). The van der Waals surface area contributed by atoms with Crippen LogP contribution in [-0.2, 0) is 11.3 Å². The van der Waals surface area contributed by atoms with E-state index in [2.05, 4.69) is 20.9 Å². The molecule has 2 heterocycles. The van der Waals surface area contributed by atoms with Crippen LogP contribution in [0.3, 0.4) is 0 Å². The van der Waals surface area contributed by atoms with E-state index in [1.54, 1.807) is 6.07 Å². The van der Waals surface area contributed by atoms with Crippen LogP contribution < -0.4 is 27.4 Å². The summed E-state index contributed by atoms with van der Waals surface area (Å²) < 4.78 is 0. The predicted molar refractivity (Wildman–Crippen MR) is 132 cm³/mol. The summed E-state index contributed by atoms with van der Waals surface area (Å²) in [5.41, 5.74) is 15.7. The number of carbonyl (C=O) groups excluding carboxylic acids is 2. The van der Waals surface area contributed by atoms with Crippen LogP contribution >= 0.6 is 11.8 Å². The maximum absolute atomic E-state index is 12.4. The minimum atomic E-state index is -0.617. The highest BCUT2D eigenvalue weighted by Gasteiger charge is 2.39. The average Bonchev–Trinajstić information content (AvgIpc) is 3.58. The zero-order valence-electron chi connectivity index (χ0n) is 18.3. The monoisotopic (exact) mass is 475 g/mol.